The molecule has 1 heterocycles. The van der Waals surface area contributed by atoms with Crippen LogP contribution in [-0.2, 0) is 11.8 Å². The first kappa shape index (κ1) is 17.1. The van der Waals surface area contributed by atoms with Gasteiger partial charge in [0.15, 0.2) is 0 Å². The Balaban J connectivity index is 2.14. The third-order valence-corrected chi connectivity index (χ3v) is 3.24. The zero-order valence-electron chi connectivity index (χ0n) is 13.9. The van der Waals surface area contributed by atoms with Crippen molar-refractivity contribution in [3.8, 4) is 0 Å². The molecule has 0 radical (unpaired) electrons. The maximum absolute atomic E-state index is 13.2. The Kier molecular flexibility index (Phi) is 5.15. The largest absolute Gasteiger partial charge is 0.350 e. The molecule has 2 N–H and O–H groups in total. The summed E-state index contributed by atoms with van der Waals surface area (Å²) in [5, 5.41) is 10.3. The van der Waals surface area contributed by atoms with Gasteiger partial charge in [-0.15, -0.1) is 0 Å². The van der Waals surface area contributed by atoms with Crippen molar-refractivity contribution >= 4 is 5.91 Å². The summed E-state index contributed by atoms with van der Waals surface area (Å²) in [5.41, 5.74) is 1.52. The first-order valence-electron chi connectivity index (χ1n) is 7.53. The number of nitrogens with one attached hydrogen (secondary N) is 2. The second-order valence-electron chi connectivity index (χ2n) is 6.61. The summed E-state index contributed by atoms with van der Waals surface area (Å²) in [6, 6.07) is 6.02. The Hall–Kier alpha value is -2.21. The summed E-state index contributed by atoms with van der Waals surface area (Å²) in [6.45, 7) is 5.96. The molecule has 0 spiro atoms. The summed E-state index contributed by atoms with van der Waals surface area (Å²) in [5.74, 6) is -0.377. The number of rotatable bonds is 5. The van der Waals surface area contributed by atoms with Gasteiger partial charge in [-0.1, -0.05) is 12.1 Å². The minimum absolute atomic E-state index is 0.0894. The van der Waals surface area contributed by atoms with Crippen molar-refractivity contribution in [2.45, 2.75) is 32.4 Å². The fourth-order valence-electron chi connectivity index (χ4n) is 2.33. The average molecular weight is 318 g/mol. The molecule has 5 nitrogen and oxygen atoms in total. The van der Waals surface area contributed by atoms with Crippen LogP contribution in [0.1, 0.15) is 37.9 Å². The van der Waals surface area contributed by atoms with Crippen molar-refractivity contribution in [1.82, 2.24) is 20.4 Å². The van der Waals surface area contributed by atoms with Gasteiger partial charge in [0.05, 0.1) is 18.8 Å². The minimum atomic E-state index is -0.288. The third-order valence-electron chi connectivity index (χ3n) is 3.24. The molecule has 1 aromatic carbocycles. The molecule has 0 unspecified atom stereocenters. The highest BCUT2D eigenvalue weighted by Crippen LogP contribution is 2.21. The summed E-state index contributed by atoms with van der Waals surface area (Å²) >= 11 is 0. The van der Waals surface area contributed by atoms with Crippen LogP contribution in [0.5, 0.6) is 0 Å². The first-order valence-corrected chi connectivity index (χ1v) is 7.53. The highest BCUT2D eigenvalue weighted by molar-refractivity contribution is 5.78. The fourth-order valence-corrected chi connectivity index (χ4v) is 2.33. The zero-order valence-corrected chi connectivity index (χ0v) is 13.9. The second kappa shape index (κ2) is 6.91. The Bertz CT molecular complexity index is 658. The van der Waals surface area contributed by atoms with Gasteiger partial charge in [-0.3, -0.25) is 14.8 Å². The molecule has 0 aliphatic heterocycles. The van der Waals surface area contributed by atoms with E-state index in [2.05, 4.69) is 15.7 Å². The van der Waals surface area contributed by atoms with E-state index in [0.717, 1.165) is 11.1 Å². The van der Waals surface area contributed by atoms with E-state index in [1.165, 1.54) is 12.1 Å². The Labute approximate surface area is 135 Å². The van der Waals surface area contributed by atoms with Crippen molar-refractivity contribution < 1.29 is 9.18 Å². The van der Waals surface area contributed by atoms with E-state index < -0.39 is 0 Å². The average Bonchev–Trinajstić information content (AvgIpc) is 2.85. The molecular weight excluding hydrogens is 295 g/mol. The van der Waals surface area contributed by atoms with E-state index in [0.29, 0.717) is 0 Å². The van der Waals surface area contributed by atoms with Crippen LogP contribution in [0.2, 0.25) is 0 Å². The van der Waals surface area contributed by atoms with E-state index in [9.17, 15) is 9.18 Å². The van der Waals surface area contributed by atoms with Crippen LogP contribution in [-0.4, -0.2) is 27.8 Å². The van der Waals surface area contributed by atoms with Gasteiger partial charge in [-0.05, 0) is 38.5 Å². The molecule has 0 aliphatic rings. The molecule has 6 heteroatoms. The lowest BCUT2D eigenvalue weighted by atomic mass is 10.0. The lowest BCUT2D eigenvalue weighted by molar-refractivity contribution is -0.121. The SMILES string of the molecule is Cn1cc([C@H](NCC(=O)NC(C)(C)C)c2ccc(F)cc2)cn1. The molecule has 0 aliphatic carbocycles. The zero-order chi connectivity index (χ0) is 17.0. The fraction of sp³-hybridized carbons (Fsp3) is 0.412. The number of hydrogen-bond acceptors (Lipinski definition) is 3. The normalized spacial score (nSPS) is 12.9. The maximum Gasteiger partial charge on any atom is 0.234 e. The molecule has 2 rings (SSSR count). The predicted octanol–water partition coefficient (Wildman–Crippen LogP) is 2.15. The highest BCUT2D eigenvalue weighted by atomic mass is 19.1. The van der Waals surface area contributed by atoms with Gasteiger partial charge in [-0.2, -0.15) is 5.10 Å². The number of amides is 1. The molecule has 2 aromatic rings. The van der Waals surface area contributed by atoms with Crippen LogP contribution in [0.15, 0.2) is 36.7 Å². The molecule has 1 amide bonds. The van der Waals surface area contributed by atoms with E-state index >= 15 is 0 Å². The molecule has 0 bridgehead atoms. The van der Waals surface area contributed by atoms with Gasteiger partial charge in [0, 0.05) is 24.3 Å². The van der Waals surface area contributed by atoms with Gasteiger partial charge in [0.1, 0.15) is 5.82 Å². The third kappa shape index (κ3) is 5.17. The summed E-state index contributed by atoms with van der Waals surface area (Å²) in [7, 11) is 1.83. The smallest absolute Gasteiger partial charge is 0.234 e. The lowest BCUT2D eigenvalue weighted by Crippen LogP contribution is -2.45. The van der Waals surface area contributed by atoms with Crippen molar-refractivity contribution in [3.63, 3.8) is 0 Å². The molecule has 23 heavy (non-hydrogen) atoms. The summed E-state index contributed by atoms with van der Waals surface area (Å²) < 4.78 is 14.9. The summed E-state index contributed by atoms with van der Waals surface area (Å²) in [4.78, 5) is 12.0. The number of halogens is 1. The maximum atomic E-state index is 13.2. The first-order chi connectivity index (χ1) is 10.7. The molecular formula is C17H23FN4O. The van der Waals surface area contributed by atoms with Gasteiger partial charge in [0.2, 0.25) is 5.91 Å². The number of nitrogens with zero attached hydrogens (tertiary/aromatic N) is 2. The van der Waals surface area contributed by atoms with Crippen LogP contribution >= 0.6 is 0 Å². The monoisotopic (exact) mass is 318 g/mol. The van der Waals surface area contributed by atoms with Crippen LogP contribution in [0.4, 0.5) is 4.39 Å². The van der Waals surface area contributed by atoms with Gasteiger partial charge < -0.3 is 5.32 Å². The minimum Gasteiger partial charge on any atom is -0.350 e. The Morgan fingerprint density at radius 1 is 1.26 bits per heavy atom. The Morgan fingerprint density at radius 2 is 1.91 bits per heavy atom. The van der Waals surface area contributed by atoms with Crippen LogP contribution in [0, 0.1) is 5.82 Å². The number of aryl methyl sites for hydroxylation is 1. The van der Waals surface area contributed by atoms with Crippen LogP contribution < -0.4 is 10.6 Å². The number of hydrogen-bond donors (Lipinski definition) is 2. The van der Waals surface area contributed by atoms with Crippen LogP contribution in [0.3, 0.4) is 0 Å². The van der Waals surface area contributed by atoms with Crippen molar-refractivity contribution in [3.05, 3.63) is 53.6 Å². The molecule has 124 valence electrons. The Morgan fingerprint density at radius 3 is 2.43 bits per heavy atom. The van der Waals surface area contributed by atoms with E-state index in [1.807, 2.05) is 34.0 Å². The molecule has 0 fully saturated rings. The molecule has 1 aromatic heterocycles. The van der Waals surface area contributed by atoms with Crippen molar-refractivity contribution in [1.29, 1.82) is 0 Å². The van der Waals surface area contributed by atoms with E-state index in [1.54, 1.807) is 23.0 Å². The number of carbonyl (C=O) groups is 1. The van der Waals surface area contributed by atoms with Gasteiger partial charge in [0.25, 0.3) is 0 Å². The summed E-state index contributed by atoms with van der Waals surface area (Å²) in [6.07, 6.45) is 3.62. The topological polar surface area (TPSA) is 59.0 Å². The van der Waals surface area contributed by atoms with E-state index in [-0.39, 0.29) is 29.8 Å². The van der Waals surface area contributed by atoms with E-state index in [4.69, 9.17) is 0 Å². The van der Waals surface area contributed by atoms with Crippen LogP contribution in [0.25, 0.3) is 0 Å². The van der Waals surface area contributed by atoms with Gasteiger partial charge in [-0.25, -0.2) is 4.39 Å². The highest BCUT2D eigenvalue weighted by Gasteiger charge is 2.19. The molecule has 1 atom stereocenters. The van der Waals surface area contributed by atoms with Crippen molar-refractivity contribution in [2.24, 2.45) is 7.05 Å². The standard InChI is InChI=1S/C17H23FN4O/c1-17(2,3)21-15(23)10-19-16(13-9-20-22(4)11-13)12-5-7-14(18)8-6-12/h5-9,11,16,19H,10H2,1-4H3,(H,21,23)/t16-/m1/s1. The number of aromatic nitrogens is 2. The molecule has 0 saturated carbocycles. The number of carbonyl (C=O) groups excluding carboxylic acids is 1. The number of benzene rings is 1. The second-order valence-corrected chi connectivity index (χ2v) is 6.61. The predicted molar refractivity (Wildman–Crippen MR) is 87.3 cm³/mol. The quantitative estimate of drug-likeness (QED) is 0.888. The van der Waals surface area contributed by atoms with Gasteiger partial charge >= 0.3 is 0 Å². The van der Waals surface area contributed by atoms with Crippen molar-refractivity contribution in [2.75, 3.05) is 6.54 Å². The lowest BCUT2D eigenvalue weighted by Gasteiger charge is -2.22. The molecule has 0 saturated heterocycles.